The fraction of sp³-hybridized carbons (Fsp3) is 0.360. The average Bonchev–Trinajstić information content (AvgIpc) is 3.30. The highest BCUT2D eigenvalue weighted by Crippen LogP contribution is 2.28. The fourth-order valence-corrected chi connectivity index (χ4v) is 3.92. The fourth-order valence-electron chi connectivity index (χ4n) is 3.92. The molecule has 1 amide bonds. The minimum absolute atomic E-state index is 0.198. The predicted molar refractivity (Wildman–Crippen MR) is 119 cm³/mol. The number of unbranched alkanes of at least 4 members (excludes halogenated alkanes) is 1. The molecular weight excluding hydrogens is 374 g/mol. The molecule has 0 aliphatic carbocycles. The Morgan fingerprint density at radius 3 is 2.60 bits per heavy atom. The molecule has 0 radical (unpaired) electrons. The van der Waals surface area contributed by atoms with Crippen molar-refractivity contribution in [3.05, 3.63) is 66.6 Å². The lowest BCUT2D eigenvalue weighted by Crippen LogP contribution is -2.39. The Kier molecular flexibility index (Phi) is 6.47. The largest absolute Gasteiger partial charge is 0.449 e. The van der Waals surface area contributed by atoms with Gasteiger partial charge in [0.1, 0.15) is 5.82 Å². The number of aromatic amines is 1. The van der Waals surface area contributed by atoms with E-state index in [-0.39, 0.29) is 12.0 Å². The van der Waals surface area contributed by atoms with E-state index in [1.807, 2.05) is 17.2 Å². The summed E-state index contributed by atoms with van der Waals surface area (Å²) in [6, 6.07) is 18.9. The zero-order valence-corrected chi connectivity index (χ0v) is 17.5. The van der Waals surface area contributed by atoms with Crippen LogP contribution in [0.3, 0.4) is 0 Å². The number of nitrogens with one attached hydrogen (secondary N) is 1. The zero-order valence-electron chi connectivity index (χ0n) is 17.5. The van der Waals surface area contributed by atoms with Crippen molar-refractivity contribution in [1.82, 2.24) is 14.9 Å². The first-order valence-electron chi connectivity index (χ1n) is 10.9. The van der Waals surface area contributed by atoms with Gasteiger partial charge in [-0.15, -0.1) is 0 Å². The van der Waals surface area contributed by atoms with Gasteiger partial charge in [-0.25, -0.2) is 9.78 Å². The molecule has 5 heteroatoms. The van der Waals surface area contributed by atoms with E-state index in [0.717, 1.165) is 49.3 Å². The Bertz CT molecular complexity index is 950. The highest BCUT2D eigenvalue weighted by Gasteiger charge is 2.27. The van der Waals surface area contributed by atoms with E-state index in [1.165, 1.54) is 11.1 Å². The van der Waals surface area contributed by atoms with Crippen LogP contribution in [0.5, 0.6) is 0 Å². The number of carbonyl (C=O) groups excluding carboxylic acids is 1. The third-order valence-electron chi connectivity index (χ3n) is 5.68. The smallest absolute Gasteiger partial charge is 0.409 e. The molecule has 1 unspecified atom stereocenters. The number of hydrogen-bond donors (Lipinski definition) is 1. The number of hydrogen-bond acceptors (Lipinski definition) is 3. The Morgan fingerprint density at radius 2 is 1.83 bits per heavy atom. The maximum atomic E-state index is 12.3. The number of benzene rings is 2. The number of nitrogens with zero attached hydrogens (tertiary/aromatic N) is 2. The molecule has 2 heterocycles. The zero-order chi connectivity index (χ0) is 20.8. The van der Waals surface area contributed by atoms with E-state index in [0.29, 0.717) is 13.2 Å². The lowest BCUT2D eigenvalue weighted by atomic mass is 9.98. The average molecular weight is 404 g/mol. The third-order valence-corrected chi connectivity index (χ3v) is 5.68. The molecule has 4 rings (SSSR count). The molecule has 1 saturated heterocycles. The summed E-state index contributed by atoms with van der Waals surface area (Å²) in [5.74, 6) is 1.16. The molecule has 0 bridgehead atoms. The van der Waals surface area contributed by atoms with Crippen LogP contribution in [-0.4, -0.2) is 40.7 Å². The highest BCUT2D eigenvalue weighted by molar-refractivity contribution is 5.69. The van der Waals surface area contributed by atoms with Crippen LogP contribution in [0.25, 0.3) is 22.4 Å². The summed E-state index contributed by atoms with van der Waals surface area (Å²) in [6.45, 7) is 4.01. The number of rotatable bonds is 6. The summed E-state index contributed by atoms with van der Waals surface area (Å²) in [5, 5.41) is 0. The first kappa shape index (κ1) is 20.2. The van der Waals surface area contributed by atoms with Crippen LogP contribution in [-0.2, 0) is 4.74 Å². The van der Waals surface area contributed by atoms with Crippen molar-refractivity contribution in [3.8, 4) is 22.4 Å². The quantitative estimate of drug-likeness (QED) is 0.525. The van der Waals surface area contributed by atoms with Crippen LogP contribution < -0.4 is 0 Å². The van der Waals surface area contributed by atoms with Crippen molar-refractivity contribution in [2.45, 2.75) is 38.5 Å². The van der Waals surface area contributed by atoms with Crippen molar-refractivity contribution in [1.29, 1.82) is 0 Å². The Morgan fingerprint density at radius 1 is 1.10 bits per heavy atom. The van der Waals surface area contributed by atoms with Crippen molar-refractivity contribution in [2.75, 3.05) is 19.7 Å². The normalized spacial score (nSPS) is 16.4. The second-order valence-electron chi connectivity index (χ2n) is 7.87. The minimum Gasteiger partial charge on any atom is -0.449 e. The Balaban J connectivity index is 1.41. The third kappa shape index (κ3) is 4.73. The SMILES string of the molecule is CCCCOC(=O)N1CCCC(c2nc(-c3ccc(-c4ccccc4)cc3)c[nH]2)C1. The summed E-state index contributed by atoms with van der Waals surface area (Å²) in [5.41, 5.74) is 4.43. The molecule has 156 valence electrons. The summed E-state index contributed by atoms with van der Waals surface area (Å²) in [4.78, 5) is 22.3. The summed E-state index contributed by atoms with van der Waals surface area (Å²) in [6.07, 6.45) is 5.70. The number of imidazole rings is 1. The van der Waals surface area contributed by atoms with E-state index in [1.54, 1.807) is 0 Å². The monoisotopic (exact) mass is 403 g/mol. The van der Waals surface area contributed by atoms with E-state index in [4.69, 9.17) is 9.72 Å². The van der Waals surface area contributed by atoms with Gasteiger partial charge < -0.3 is 14.6 Å². The predicted octanol–water partition coefficient (Wildman–Crippen LogP) is 5.86. The van der Waals surface area contributed by atoms with Crippen LogP contribution in [0.2, 0.25) is 0 Å². The second-order valence-corrected chi connectivity index (χ2v) is 7.87. The van der Waals surface area contributed by atoms with E-state index >= 15 is 0 Å². The van der Waals surface area contributed by atoms with Crippen LogP contribution >= 0.6 is 0 Å². The summed E-state index contributed by atoms with van der Waals surface area (Å²) in [7, 11) is 0. The Labute approximate surface area is 178 Å². The van der Waals surface area contributed by atoms with Gasteiger partial charge in [-0.05, 0) is 30.4 Å². The molecule has 0 saturated carbocycles. The summed E-state index contributed by atoms with van der Waals surface area (Å²) < 4.78 is 5.38. The first-order valence-corrected chi connectivity index (χ1v) is 10.9. The van der Waals surface area contributed by atoms with Crippen LogP contribution in [0.15, 0.2) is 60.8 Å². The van der Waals surface area contributed by atoms with Crippen molar-refractivity contribution in [2.24, 2.45) is 0 Å². The van der Waals surface area contributed by atoms with Gasteiger partial charge in [0, 0.05) is 30.8 Å². The molecule has 1 atom stereocenters. The van der Waals surface area contributed by atoms with Gasteiger partial charge >= 0.3 is 6.09 Å². The number of piperidine rings is 1. The molecule has 0 spiro atoms. The molecule has 1 fully saturated rings. The van der Waals surface area contributed by atoms with Gasteiger partial charge in [0.15, 0.2) is 0 Å². The van der Waals surface area contributed by atoms with Crippen LogP contribution in [0, 0.1) is 0 Å². The molecule has 2 aromatic carbocycles. The van der Waals surface area contributed by atoms with E-state index in [2.05, 4.69) is 60.4 Å². The number of likely N-dealkylation sites (tertiary alicyclic amines) is 1. The van der Waals surface area contributed by atoms with Crippen molar-refractivity contribution >= 4 is 6.09 Å². The molecule has 1 N–H and O–H groups in total. The van der Waals surface area contributed by atoms with Gasteiger partial charge in [-0.1, -0.05) is 67.9 Å². The molecule has 1 aromatic heterocycles. The number of H-pyrrole nitrogens is 1. The maximum absolute atomic E-state index is 12.3. The maximum Gasteiger partial charge on any atom is 0.409 e. The van der Waals surface area contributed by atoms with Crippen molar-refractivity contribution < 1.29 is 9.53 Å². The molecule has 1 aliphatic rings. The topological polar surface area (TPSA) is 58.2 Å². The molecule has 1 aliphatic heterocycles. The van der Waals surface area contributed by atoms with Crippen LogP contribution in [0.4, 0.5) is 4.79 Å². The molecular formula is C25H29N3O2. The Hall–Kier alpha value is -3.08. The van der Waals surface area contributed by atoms with Gasteiger partial charge in [0.2, 0.25) is 0 Å². The first-order chi connectivity index (χ1) is 14.7. The lowest BCUT2D eigenvalue weighted by Gasteiger charge is -2.31. The molecule has 3 aromatic rings. The minimum atomic E-state index is -0.198. The number of amides is 1. The molecule has 30 heavy (non-hydrogen) atoms. The lowest BCUT2D eigenvalue weighted by molar-refractivity contribution is 0.0899. The number of aromatic nitrogens is 2. The van der Waals surface area contributed by atoms with E-state index < -0.39 is 0 Å². The molecule has 5 nitrogen and oxygen atoms in total. The highest BCUT2D eigenvalue weighted by atomic mass is 16.6. The number of ether oxygens (including phenoxy) is 1. The van der Waals surface area contributed by atoms with Gasteiger partial charge in [-0.2, -0.15) is 0 Å². The van der Waals surface area contributed by atoms with Gasteiger partial charge in [0.25, 0.3) is 0 Å². The summed E-state index contributed by atoms with van der Waals surface area (Å²) >= 11 is 0. The number of carbonyl (C=O) groups is 1. The van der Waals surface area contributed by atoms with E-state index in [9.17, 15) is 4.79 Å². The van der Waals surface area contributed by atoms with Gasteiger partial charge in [-0.3, -0.25) is 0 Å². The van der Waals surface area contributed by atoms with Crippen LogP contribution in [0.1, 0.15) is 44.3 Å². The second kappa shape index (κ2) is 9.61. The van der Waals surface area contributed by atoms with Gasteiger partial charge in [0.05, 0.1) is 12.3 Å². The van der Waals surface area contributed by atoms with Crippen molar-refractivity contribution in [3.63, 3.8) is 0 Å². The standard InChI is InChI=1S/C25H29N3O2/c1-2-3-16-30-25(29)28-15-7-10-22(18-28)24-26-17-23(27-24)21-13-11-20(12-14-21)19-8-5-4-6-9-19/h4-6,8-9,11-14,17,22H,2-3,7,10,15-16,18H2,1H3,(H,26,27).